The van der Waals surface area contributed by atoms with Crippen LogP contribution in [0.5, 0.6) is 0 Å². The molecule has 1 aromatic carbocycles. The number of carboxylic acid groups (broad SMARTS) is 1. The number of nitrogens with one attached hydrogen (secondary N) is 1. The lowest BCUT2D eigenvalue weighted by Crippen LogP contribution is -2.72. The van der Waals surface area contributed by atoms with E-state index < -0.39 is 11.8 Å². The van der Waals surface area contributed by atoms with Gasteiger partial charge in [-0.05, 0) is 49.1 Å². The zero-order valence-electron chi connectivity index (χ0n) is 20.7. The van der Waals surface area contributed by atoms with Crippen molar-refractivity contribution in [2.24, 2.45) is 5.92 Å². The predicted octanol–water partition coefficient (Wildman–Crippen LogP) is 4.15. The summed E-state index contributed by atoms with van der Waals surface area (Å²) in [5, 5.41) is 20.2. The van der Waals surface area contributed by atoms with Crippen LogP contribution in [0.3, 0.4) is 0 Å². The van der Waals surface area contributed by atoms with E-state index in [1.165, 1.54) is 18.2 Å². The Morgan fingerprint density at radius 3 is 2.58 bits per heavy atom. The summed E-state index contributed by atoms with van der Waals surface area (Å²) < 4.78 is 19.3. The van der Waals surface area contributed by atoms with Crippen LogP contribution in [-0.2, 0) is 4.74 Å². The number of carboxylic acids is 1. The minimum atomic E-state index is -1.18. The summed E-state index contributed by atoms with van der Waals surface area (Å²) in [6.07, 6.45) is 3.57. The monoisotopic (exact) mass is 492 g/mol. The maximum atomic E-state index is 13.9. The molecular weight excluding hydrogens is 461 g/mol. The third-order valence-corrected chi connectivity index (χ3v) is 6.42. The van der Waals surface area contributed by atoms with E-state index >= 15 is 0 Å². The number of pyridine rings is 2. The van der Waals surface area contributed by atoms with Crippen LogP contribution in [0.25, 0.3) is 11.1 Å². The largest absolute Gasteiger partial charge is 0.477 e. The van der Waals surface area contributed by atoms with E-state index in [1.54, 1.807) is 23.6 Å². The molecule has 1 saturated heterocycles. The predicted molar refractivity (Wildman–Crippen MR) is 136 cm³/mol. The lowest BCUT2D eigenvalue weighted by Gasteiger charge is -2.32. The molecule has 0 aliphatic carbocycles. The molecule has 3 heterocycles. The van der Waals surface area contributed by atoms with Crippen LogP contribution in [0, 0.1) is 17.1 Å². The van der Waals surface area contributed by atoms with Gasteiger partial charge < -0.3 is 20.2 Å². The first-order chi connectivity index (χ1) is 17.2. The van der Waals surface area contributed by atoms with Gasteiger partial charge in [0, 0.05) is 55.4 Å². The Balaban J connectivity index is 1.79. The Hall–Kier alpha value is -3.69. The highest BCUT2D eigenvalue weighted by molar-refractivity contribution is 6.08. The second kappa shape index (κ2) is 10.9. The van der Waals surface area contributed by atoms with Crippen molar-refractivity contribution in [2.75, 3.05) is 25.2 Å². The normalized spacial score (nSPS) is 14.1. The fourth-order valence-corrected chi connectivity index (χ4v) is 4.35. The van der Waals surface area contributed by atoms with Gasteiger partial charge in [0.15, 0.2) is 5.69 Å². The third-order valence-electron chi connectivity index (χ3n) is 6.42. The topological polar surface area (TPSA) is 116 Å². The Morgan fingerprint density at radius 2 is 1.97 bits per heavy atom. The molecule has 0 spiro atoms. The van der Waals surface area contributed by atoms with E-state index in [0.717, 1.165) is 31.9 Å². The average Bonchev–Trinajstić information content (AvgIpc) is 2.88. The number of nitrogens with two attached hydrogens (primary N) is 1. The summed E-state index contributed by atoms with van der Waals surface area (Å²) in [7, 11) is 2.01. The van der Waals surface area contributed by atoms with Gasteiger partial charge in [-0.25, -0.2) is 14.2 Å². The minimum Gasteiger partial charge on any atom is -0.477 e. The van der Waals surface area contributed by atoms with E-state index in [0.29, 0.717) is 39.9 Å². The molecule has 4 rings (SSSR count). The molecule has 1 aliphatic rings. The van der Waals surface area contributed by atoms with Crippen molar-refractivity contribution in [1.82, 2.24) is 9.97 Å². The quantitative estimate of drug-likeness (QED) is 0.321. The van der Waals surface area contributed by atoms with E-state index in [2.05, 4.69) is 14.9 Å². The van der Waals surface area contributed by atoms with Gasteiger partial charge in [0.2, 0.25) is 5.82 Å². The number of hydrogen-bond donors (Lipinski definition) is 3. The highest BCUT2D eigenvalue weighted by Crippen LogP contribution is 2.31. The maximum Gasteiger partial charge on any atom is 0.354 e. The van der Waals surface area contributed by atoms with Crippen LogP contribution in [0.1, 0.15) is 42.7 Å². The van der Waals surface area contributed by atoms with Gasteiger partial charge in [0.1, 0.15) is 17.3 Å². The summed E-state index contributed by atoms with van der Waals surface area (Å²) in [6, 6.07) is 11.6. The fourth-order valence-electron chi connectivity index (χ4n) is 4.35. The smallest absolute Gasteiger partial charge is 0.354 e. The number of quaternary nitrogens is 1. The standard InChI is InChI=1S/C27H30FN5O3/c1-16(2)25(29)24-21(17-7-8-23(30-15-17)33(3)20-9-11-36-12-10-20)14-22(27(34)35)32-26(24)31-19-6-4-5-18(28)13-19/h4-8,13-16,20,29H,9-12H2,1-3H3,(H,31,32)(H,34,35)/p+1. The number of benzene rings is 1. The number of rotatable bonds is 8. The molecule has 188 valence electrons. The maximum absolute atomic E-state index is 13.9. The number of aromatic nitrogens is 2. The van der Waals surface area contributed by atoms with Crippen molar-refractivity contribution in [3.05, 3.63) is 65.7 Å². The van der Waals surface area contributed by atoms with Crippen LogP contribution in [0.2, 0.25) is 0 Å². The van der Waals surface area contributed by atoms with Crippen LogP contribution >= 0.6 is 0 Å². The van der Waals surface area contributed by atoms with Crippen molar-refractivity contribution < 1.29 is 24.3 Å². The SMILES string of the molecule is CC(C)C(=N)c1c(-c2ccc(N(C)C3CCOCC3)nc2)cc(C(=O)O)nc1[NH2+]c1cccc(F)c1. The van der Waals surface area contributed by atoms with Gasteiger partial charge in [-0.3, -0.25) is 5.32 Å². The minimum absolute atomic E-state index is 0.146. The zero-order chi connectivity index (χ0) is 25.8. The average molecular weight is 493 g/mol. The molecule has 36 heavy (non-hydrogen) atoms. The Kier molecular flexibility index (Phi) is 7.71. The van der Waals surface area contributed by atoms with E-state index in [1.807, 2.05) is 33.0 Å². The summed E-state index contributed by atoms with van der Waals surface area (Å²) in [6.45, 7) is 5.25. The van der Waals surface area contributed by atoms with E-state index in [-0.39, 0.29) is 11.6 Å². The number of nitrogens with zero attached hydrogens (tertiary/aromatic N) is 3. The lowest BCUT2D eigenvalue weighted by molar-refractivity contribution is -0.483. The molecule has 9 heteroatoms. The molecule has 2 aromatic heterocycles. The van der Waals surface area contributed by atoms with Crippen LogP contribution < -0.4 is 10.2 Å². The number of anilines is 1. The number of aromatic carboxylic acids is 1. The molecule has 1 aliphatic heterocycles. The molecule has 4 N–H and O–H groups in total. The second-order valence-corrected chi connectivity index (χ2v) is 9.25. The molecule has 0 amide bonds. The van der Waals surface area contributed by atoms with Gasteiger partial charge in [-0.15, -0.1) is 0 Å². The highest BCUT2D eigenvalue weighted by Gasteiger charge is 2.26. The molecule has 3 aromatic rings. The van der Waals surface area contributed by atoms with Crippen molar-refractivity contribution >= 4 is 29.0 Å². The zero-order valence-corrected chi connectivity index (χ0v) is 20.7. The van der Waals surface area contributed by atoms with Crippen molar-refractivity contribution in [3.63, 3.8) is 0 Å². The van der Waals surface area contributed by atoms with Gasteiger partial charge in [0.25, 0.3) is 0 Å². The second-order valence-electron chi connectivity index (χ2n) is 9.25. The Morgan fingerprint density at radius 1 is 1.22 bits per heavy atom. The first kappa shape index (κ1) is 25.4. The third kappa shape index (κ3) is 5.58. The molecule has 8 nitrogen and oxygen atoms in total. The molecule has 1 fully saturated rings. The van der Waals surface area contributed by atoms with Crippen LogP contribution in [0.15, 0.2) is 48.7 Å². The molecule has 0 radical (unpaired) electrons. The molecule has 0 bridgehead atoms. The Labute approximate surface area is 209 Å². The van der Waals surface area contributed by atoms with Crippen LogP contribution in [-0.4, -0.2) is 53.1 Å². The summed E-state index contributed by atoms with van der Waals surface area (Å²) in [4.78, 5) is 23.1. The number of carbonyl (C=O) groups is 1. The first-order valence-corrected chi connectivity index (χ1v) is 12.0. The molecule has 0 saturated carbocycles. The number of hydrogen-bond acceptors (Lipinski definition) is 6. The van der Waals surface area contributed by atoms with Gasteiger partial charge >= 0.3 is 5.97 Å². The highest BCUT2D eigenvalue weighted by atomic mass is 19.1. The molecular formula is C27H31FN5O3+. The van der Waals surface area contributed by atoms with Gasteiger partial charge in [-0.1, -0.05) is 19.9 Å². The van der Waals surface area contributed by atoms with Crippen molar-refractivity contribution in [2.45, 2.75) is 32.7 Å². The number of halogens is 1. The summed E-state index contributed by atoms with van der Waals surface area (Å²) in [5.74, 6) is -0.626. The van der Waals surface area contributed by atoms with Crippen LogP contribution in [0.4, 0.5) is 21.7 Å². The molecule has 0 unspecified atom stereocenters. The van der Waals surface area contributed by atoms with Crippen molar-refractivity contribution in [3.8, 4) is 11.1 Å². The van der Waals surface area contributed by atoms with Gasteiger partial charge in [-0.2, -0.15) is 4.98 Å². The fraction of sp³-hybridized carbons (Fsp3) is 0.333. The number of ether oxygens (including phenoxy) is 1. The molecule has 0 atom stereocenters. The van der Waals surface area contributed by atoms with E-state index in [9.17, 15) is 14.3 Å². The summed E-state index contributed by atoms with van der Waals surface area (Å²) >= 11 is 0. The van der Waals surface area contributed by atoms with Gasteiger partial charge in [0.05, 0.1) is 5.56 Å². The Bertz CT molecular complexity index is 1260. The van der Waals surface area contributed by atoms with E-state index in [4.69, 9.17) is 10.1 Å². The van der Waals surface area contributed by atoms with Crippen molar-refractivity contribution in [1.29, 1.82) is 5.41 Å². The first-order valence-electron chi connectivity index (χ1n) is 12.0. The lowest BCUT2D eigenvalue weighted by atomic mass is 9.92. The summed E-state index contributed by atoms with van der Waals surface area (Å²) in [5.41, 5.74) is 2.42.